The molecule has 0 spiro atoms. The van der Waals surface area contributed by atoms with Crippen molar-refractivity contribution in [1.29, 1.82) is 0 Å². The summed E-state index contributed by atoms with van der Waals surface area (Å²) in [6.07, 6.45) is 0.633. The molecule has 1 aliphatic heterocycles. The fourth-order valence-electron chi connectivity index (χ4n) is 2.18. The summed E-state index contributed by atoms with van der Waals surface area (Å²) >= 11 is 5.85. The maximum Gasteiger partial charge on any atom is 0.191 e. The SMILES string of the molecule is CCNC(=NCc1ccc(Cl)cc1)NC1CCS(=O)(=O)C1.I. The highest BCUT2D eigenvalue weighted by Gasteiger charge is 2.28. The zero-order valence-corrected chi connectivity index (χ0v) is 16.3. The van der Waals surface area contributed by atoms with Crippen molar-refractivity contribution in [2.24, 2.45) is 4.99 Å². The Hall–Kier alpha value is -0.540. The Kier molecular flexibility index (Phi) is 7.92. The summed E-state index contributed by atoms with van der Waals surface area (Å²) in [6, 6.07) is 7.45. The highest BCUT2D eigenvalue weighted by molar-refractivity contribution is 14.0. The molecule has 2 rings (SSSR count). The Balaban J connectivity index is 0.00000242. The summed E-state index contributed by atoms with van der Waals surface area (Å²) in [5.74, 6) is 1.08. The fraction of sp³-hybridized carbons (Fsp3) is 0.500. The molecule has 1 aromatic rings. The molecule has 0 aliphatic carbocycles. The molecule has 124 valence electrons. The van der Waals surface area contributed by atoms with Gasteiger partial charge in [0.15, 0.2) is 15.8 Å². The lowest BCUT2D eigenvalue weighted by Crippen LogP contribution is -2.44. The first-order valence-corrected chi connectivity index (χ1v) is 9.18. The molecular formula is C14H21ClIN3O2S. The summed E-state index contributed by atoms with van der Waals surface area (Å²) in [4.78, 5) is 4.48. The summed E-state index contributed by atoms with van der Waals surface area (Å²) in [7, 11) is -2.89. The molecule has 0 bridgehead atoms. The molecule has 0 radical (unpaired) electrons. The summed E-state index contributed by atoms with van der Waals surface area (Å²) in [6.45, 7) is 3.22. The molecule has 1 saturated heterocycles. The van der Waals surface area contributed by atoms with Crippen LogP contribution in [0.3, 0.4) is 0 Å². The largest absolute Gasteiger partial charge is 0.357 e. The number of sulfone groups is 1. The quantitative estimate of drug-likeness (QED) is 0.413. The molecule has 8 heteroatoms. The van der Waals surface area contributed by atoms with Crippen molar-refractivity contribution in [3.8, 4) is 0 Å². The first-order valence-electron chi connectivity index (χ1n) is 6.98. The molecule has 0 saturated carbocycles. The lowest BCUT2D eigenvalue weighted by atomic mass is 10.2. The summed E-state index contributed by atoms with van der Waals surface area (Å²) < 4.78 is 23.0. The Bertz CT molecular complexity index is 605. The van der Waals surface area contributed by atoms with Gasteiger partial charge in [0, 0.05) is 17.6 Å². The van der Waals surface area contributed by atoms with E-state index in [1.807, 2.05) is 31.2 Å². The van der Waals surface area contributed by atoms with Crippen molar-refractivity contribution >= 4 is 51.4 Å². The van der Waals surface area contributed by atoms with Crippen LogP contribution in [-0.2, 0) is 16.4 Å². The van der Waals surface area contributed by atoms with E-state index in [1.165, 1.54) is 0 Å². The third-order valence-electron chi connectivity index (χ3n) is 3.25. The number of hydrogen-bond donors (Lipinski definition) is 2. The van der Waals surface area contributed by atoms with Crippen molar-refractivity contribution < 1.29 is 8.42 Å². The second kappa shape index (κ2) is 8.93. The fourth-order valence-corrected chi connectivity index (χ4v) is 3.98. The molecular weight excluding hydrogens is 437 g/mol. The molecule has 1 heterocycles. The van der Waals surface area contributed by atoms with Crippen molar-refractivity contribution in [1.82, 2.24) is 10.6 Å². The Morgan fingerprint density at radius 2 is 2.05 bits per heavy atom. The minimum atomic E-state index is -2.89. The molecule has 1 aromatic carbocycles. The highest BCUT2D eigenvalue weighted by Crippen LogP contribution is 2.12. The first kappa shape index (κ1) is 19.5. The molecule has 5 nitrogen and oxygen atoms in total. The van der Waals surface area contributed by atoms with E-state index in [2.05, 4.69) is 15.6 Å². The lowest BCUT2D eigenvalue weighted by molar-refractivity contribution is 0.599. The minimum Gasteiger partial charge on any atom is -0.357 e. The van der Waals surface area contributed by atoms with Gasteiger partial charge >= 0.3 is 0 Å². The van der Waals surface area contributed by atoms with E-state index in [1.54, 1.807) is 0 Å². The average Bonchev–Trinajstić information content (AvgIpc) is 2.77. The molecule has 22 heavy (non-hydrogen) atoms. The number of halogens is 2. The van der Waals surface area contributed by atoms with Crippen molar-refractivity contribution in [3.63, 3.8) is 0 Å². The normalized spacial score (nSPS) is 20.3. The van der Waals surface area contributed by atoms with E-state index in [-0.39, 0.29) is 41.5 Å². The molecule has 0 aromatic heterocycles. The standard InChI is InChI=1S/C14H20ClN3O2S.HI/c1-2-16-14(18-13-7-8-21(19,20)10-13)17-9-11-3-5-12(15)6-4-11;/h3-6,13H,2,7-10H2,1H3,(H2,16,17,18);1H. The van der Waals surface area contributed by atoms with E-state index in [0.717, 1.165) is 12.1 Å². The number of nitrogens with one attached hydrogen (secondary N) is 2. The second-order valence-electron chi connectivity index (χ2n) is 5.07. The van der Waals surface area contributed by atoms with Gasteiger partial charge in [-0.1, -0.05) is 23.7 Å². The molecule has 0 amide bonds. The van der Waals surface area contributed by atoms with Crippen LogP contribution in [0.1, 0.15) is 18.9 Å². The number of nitrogens with zero attached hydrogens (tertiary/aromatic N) is 1. The van der Waals surface area contributed by atoms with Crippen LogP contribution in [0.4, 0.5) is 0 Å². The van der Waals surface area contributed by atoms with E-state index in [0.29, 0.717) is 23.9 Å². The van der Waals surface area contributed by atoms with Gasteiger partial charge < -0.3 is 10.6 Å². The highest BCUT2D eigenvalue weighted by atomic mass is 127. The van der Waals surface area contributed by atoms with E-state index in [4.69, 9.17) is 11.6 Å². The monoisotopic (exact) mass is 457 g/mol. The number of guanidine groups is 1. The Morgan fingerprint density at radius 1 is 1.36 bits per heavy atom. The number of aliphatic imine (C=N–C) groups is 1. The molecule has 1 aliphatic rings. The van der Waals surface area contributed by atoms with Gasteiger partial charge in [0.2, 0.25) is 0 Å². The lowest BCUT2D eigenvalue weighted by Gasteiger charge is -2.15. The average molecular weight is 458 g/mol. The van der Waals surface area contributed by atoms with Crippen LogP contribution in [0.5, 0.6) is 0 Å². The van der Waals surface area contributed by atoms with Gasteiger partial charge in [-0.3, -0.25) is 0 Å². The van der Waals surface area contributed by atoms with E-state index in [9.17, 15) is 8.42 Å². The minimum absolute atomic E-state index is 0. The van der Waals surface area contributed by atoms with Gasteiger partial charge in [0.1, 0.15) is 0 Å². The number of hydrogen-bond acceptors (Lipinski definition) is 3. The van der Waals surface area contributed by atoms with Gasteiger partial charge in [-0.15, -0.1) is 24.0 Å². The van der Waals surface area contributed by atoms with Crippen LogP contribution in [0.25, 0.3) is 0 Å². The van der Waals surface area contributed by atoms with Crippen molar-refractivity contribution in [2.75, 3.05) is 18.1 Å². The van der Waals surface area contributed by atoms with Crippen LogP contribution in [0.2, 0.25) is 5.02 Å². The smallest absolute Gasteiger partial charge is 0.191 e. The van der Waals surface area contributed by atoms with Gasteiger partial charge in [0.25, 0.3) is 0 Å². The third kappa shape index (κ3) is 6.29. The predicted octanol–water partition coefficient (Wildman–Crippen LogP) is 2.20. The maximum absolute atomic E-state index is 11.5. The number of benzene rings is 1. The van der Waals surface area contributed by atoms with Crippen LogP contribution in [-0.4, -0.2) is 38.5 Å². The van der Waals surface area contributed by atoms with Crippen LogP contribution in [0.15, 0.2) is 29.3 Å². The maximum atomic E-state index is 11.5. The van der Waals surface area contributed by atoms with Gasteiger partial charge in [-0.05, 0) is 31.0 Å². The van der Waals surface area contributed by atoms with Crippen LogP contribution < -0.4 is 10.6 Å². The van der Waals surface area contributed by atoms with Crippen LogP contribution >= 0.6 is 35.6 Å². The van der Waals surface area contributed by atoms with Gasteiger partial charge in [-0.25, -0.2) is 13.4 Å². The van der Waals surface area contributed by atoms with Gasteiger partial charge in [0.05, 0.1) is 18.1 Å². The van der Waals surface area contributed by atoms with Crippen LogP contribution in [0, 0.1) is 0 Å². The molecule has 1 atom stereocenters. The van der Waals surface area contributed by atoms with Crippen molar-refractivity contribution in [3.05, 3.63) is 34.9 Å². The third-order valence-corrected chi connectivity index (χ3v) is 5.27. The topological polar surface area (TPSA) is 70.6 Å². The molecule has 1 fully saturated rings. The zero-order chi connectivity index (χ0) is 15.3. The van der Waals surface area contributed by atoms with Crippen molar-refractivity contribution in [2.45, 2.75) is 25.9 Å². The zero-order valence-electron chi connectivity index (χ0n) is 12.4. The summed E-state index contributed by atoms with van der Waals surface area (Å²) in [5, 5.41) is 7.02. The number of rotatable bonds is 4. The molecule has 2 N–H and O–H groups in total. The van der Waals surface area contributed by atoms with Gasteiger partial charge in [-0.2, -0.15) is 0 Å². The molecule has 1 unspecified atom stereocenters. The predicted molar refractivity (Wildman–Crippen MR) is 102 cm³/mol. The Labute approximate surface area is 153 Å². The van der Waals surface area contributed by atoms with E-state index < -0.39 is 9.84 Å². The first-order chi connectivity index (χ1) is 9.98. The second-order valence-corrected chi connectivity index (χ2v) is 7.73. The van der Waals surface area contributed by atoms with E-state index >= 15 is 0 Å². The Morgan fingerprint density at radius 3 is 2.59 bits per heavy atom. The summed E-state index contributed by atoms with van der Waals surface area (Å²) in [5.41, 5.74) is 1.05.